The van der Waals surface area contributed by atoms with Crippen molar-refractivity contribution in [1.82, 2.24) is 4.90 Å². The lowest BCUT2D eigenvalue weighted by Crippen LogP contribution is -2.57. The van der Waals surface area contributed by atoms with Crippen molar-refractivity contribution in [1.29, 1.82) is 0 Å². The van der Waals surface area contributed by atoms with Crippen LogP contribution in [0.25, 0.3) is 0 Å². The molecule has 2 saturated heterocycles. The summed E-state index contributed by atoms with van der Waals surface area (Å²) in [6.45, 7) is 1.98. The van der Waals surface area contributed by atoms with Crippen molar-refractivity contribution >= 4 is 40.7 Å². The van der Waals surface area contributed by atoms with Crippen molar-refractivity contribution < 1.29 is 24.2 Å². The third-order valence-corrected chi connectivity index (χ3v) is 8.29. The molecule has 38 heavy (non-hydrogen) atoms. The lowest BCUT2D eigenvalue weighted by molar-refractivity contribution is -0.143. The maximum Gasteiger partial charge on any atom is 0.253 e. The summed E-state index contributed by atoms with van der Waals surface area (Å²) in [4.78, 5) is 47.2. The normalized spacial score (nSPS) is 31.1. The van der Waals surface area contributed by atoms with Crippen LogP contribution in [0.4, 0.5) is 11.4 Å². The Morgan fingerprint density at radius 2 is 1.61 bits per heavy atom. The van der Waals surface area contributed by atoms with Gasteiger partial charge in [0.05, 0.1) is 30.6 Å². The number of halogens is 1. The Labute approximate surface area is 225 Å². The molecule has 3 amide bonds. The van der Waals surface area contributed by atoms with Gasteiger partial charge in [-0.2, -0.15) is 0 Å². The van der Waals surface area contributed by atoms with E-state index in [1.165, 1.54) is 4.90 Å². The SMILES string of the molecule is C[C@H](CO)N1C(=O)[C@@H]2[C@H]3C(=O)N(c4ccccc4)CC=C[C@H]3O[C@@]23C=CCN(c2ccc(Cl)cc2)C(=O)C13. The van der Waals surface area contributed by atoms with Crippen LogP contribution in [0, 0.1) is 11.8 Å². The number of nitrogens with zero attached hydrogens (tertiary/aromatic N) is 3. The Bertz CT molecular complexity index is 1330. The van der Waals surface area contributed by atoms with Crippen LogP contribution in [0.2, 0.25) is 5.02 Å². The fraction of sp³-hybridized carbons (Fsp3) is 0.345. The smallest absolute Gasteiger partial charge is 0.253 e. The molecule has 2 aromatic carbocycles. The van der Waals surface area contributed by atoms with Crippen molar-refractivity contribution in [2.45, 2.75) is 30.7 Å². The number of hydrogen-bond acceptors (Lipinski definition) is 5. The van der Waals surface area contributed by atoms with Gasteiger partial charge in [0.15, 0.2) is 0 Å². The average molecular weight is 534 g/mol. The fourth-order valence-corrected chi connectivity index (χ4v) is 6.46. The zero-order valence-electron chi connectivity index (χ0n) is 20.8. The second-order valence-electron chi connectivity index (χ2n) is 10.2. The van der Waals surface area contributed by atoms with E-state index < -0.39 is 35.6 Å². The maximum absolute atomic E-state index is 14.3. The molecule has 1 spiro atoms. The molecule has 6 rings (SSSR count). The minimum absolute atomic E-state index is 0.224. The van der Waals surface area contributed by atoms with Crippen molar-refractivity contribution in [2.75, 3.05) is 29.5 Å². The van der Waals surface area contributed by atoms with E-state index in [0.717, 1.165) is 5.69 Å². The van der Waals surface area contributed by atoms with Crippen molar-refractivity contribution in [3.8, 4) is 0 Å². The van der Waals surface area contributed by atoms with Gasteiger partial charge in [0.1, 0.15) is 11.6 Å². The molecule has 0 radical (unpaired) electrons. The molecule has 4 aliphatic rings. The van der Waals surface area contributed by atoms with Gasteiger partial charge in [-0.1, -0.05) is 54.1 Å². The van der Waals surface area contributed by atoms with Crippen LogP contribution in [0.15, 0.2) is 78.9 Å². The summed E-state index contributed by atoms with van der Waals surface area (Å²) in [6.07, 6.45) is 6.67. The van der Waals surface area contributed by atoms with E-state index in [-0.39, 0.29) is 30.9 Å². The zero-order chi connectivity index (χ0) is 26.6. The second-order valence-corrected chi connectivity index (χ2v) is 10.6. The van der Waals surface area contributed by atoms with Gasteiger partial charge in [-0.25, -0.2) is 0 Å². The van der Waals surface area contributed by atoms with Gasteiger partial charge < -0.3 is 24.5 Å². The first-order valence-corrected chi connectivity index (χ1v) is 13.1. The number of carbonyl (C=O) groups is 3. The van der Waals surface area contributed by atoms with E-state index in [2.05, 4.69) is 0 Å². The van der Waals surface area contributed by atoms with Crippen LogP contribution >= 0.6 is 11.6 Å². The zero-order valence-corrected chi connectivity index (χ0v) is 21.6. The van der Waals surface area contributed by atoms with Crippen molar-refractivity contribution in [3.63, 3.8) is 0 Å². The molecule has 0 aliphatic carbocycles. The van der Waals surface area contributed by atoms with Crippen LogP contribution in [0.1, 0.15) is 6.92 Å². The number of fused-ring (bicyclic) bond motifs is 2. The highest BCUT2D eigenvalue weighted by Crippen LogP contribution is 2.54. The molecule has 4 aliphatic heterocycles. The summed E-state index contributed by atoms with van der Waals surface area (Å²) in [5.41, 5.74) is 0.00752. The third-order valence-electron chi connectivity index (χ3n) is 8.04. The average Bonchev–Trinajstić information content (AvgIpc) is 3.25. The lowest BCUT2D eigenvalue weighted by atomic mass is 9.77. The fourth-order valence-electron chi connectivity index (χ4n) is 6.33. The minimum atomic E-state index is -1.35. The Morgan fingerprint density at radius 1 is 0.947 bits per heavy atom. The summed E-state index contributed by atoms with van der Waals surface area (Å²) in [7, 11) is 0. The van der Waals surface area contributed by atoms with E-state index in [1.807, 2.05) is 48.6 Å². The summed E-state index contributed by atoms with van der Waals surface area (Å²) in [5.74, 6) is -2.66. The first-order chi connectivity index (χ1) is 18.4. The van der Waals surface area contributed by atoms with E-state index in [4.69, 9.17) is 16.3 Å². The van der Waals surface area contributed by atoms with E-state index >= 15 is 0 Å². The van der Waals surface area contributed by atoms with E-state index in [0.29, 0.717) is 17.3 Å². The summed E-state index contributed by atoms with van der Waals surface area (Å²) >= 11 is 6.08. The molecule has 4 heterocycles. The first-order valence-electron chi connectivity index (χ1n) is 12.8. The standard InChI is InChI=1S/C29H28ClN3O5/c1-18(17-34)33-25-28(37)32(21-12-10-19(30)11-13-21)16-6-14-29(25)24(27(33)36)23-22(38-29)9-5-15-31(26(23)35)20-7-3-2-4-8-20/h2-14,18,22-25,34H,15-17H2,1H3/t18-,22-,23+,24+,25?,29+/m1/s1. The molecule has 0 saturated carbocycles. The van der Waals surface area contributed by atoms with E-state index in [9.17, 15) is 19.5 Å². The number of aliphatic hydroxyl groups excluding tert-OH is 1. The number of likely N-dealkylation sites (tertiary alicyclic amines) is 1. The Hall–Kier alpha value is -3.46. The van der Waals surface area contributed by atoms with Gasteiger partial charge in [0.2, 0.25) is 11.8 Å². The summed E-state index contributed by atoms with van der Waals surface area (Å²) < 4.78 is 6.63. The Kier molecular flexibility index (Phi) is 6.13. The first kappa shape index (κ1) is 24.9. The predicted octanol–water partition coefficient (Wildman–Crippen LogP) is 2.81. The number of ether oxygens (including phenoxy) is 1. The highest BCUT2D eigenvalue weighted by molar-refractivity contribution is 6.30. The van der Waals surface area contributed by atoms with Crippen molar-refractivity contribution in [3.05, 3.63) is 83.9 Å². The van der Waals surface area contributed by atoms with Gasteiger partial charge in [-0.15, -0.1) is 0 Å². The number of para-hydroxylation sites is 1. The summed E-state index contributed by atoms with van der Waals surface area (Å²) in [5, 5.41) is 10.6. The number of rotatable bonds is 4. The molecule has 8 nitrogen and oxygen atoms in total. The van der Waals surface area contributed by atoms with Crippen LogP contribution in [-0.4, -0.2) is 71.2 Å². The molecule has 2 aromatic rings. The molecule has 0 aromatic heterocycles. The molecule has 2 fully saturated rings. The van der Waals surface area contributed by atoms with Gasteiger partial charge in [0.25, 0.3) is 5.91 Å². The second kappa shape index (κ2) is 9.38. The number of aliphatic hydroxyl groups is 1. The quantitative estimate of drug-likeness (QED) is 0.610. The number of benzene rings is 2. The highest BCUT2D eigenvalue weighted by Gasteiger charge is 2.72. The third kappa shape index (κ3) is 3.62. The van der Waals surface area contributed by atoms with Gasteiger partial charge >= 0.3 is 0 Å². The Balaban J connectivity index is 1.45. The van der Waals surface area contributed by atoms with Crippen LogP contribution in [0.5, 0.6) is 0 Å². The lowest BCUT2D eigenvalue weighted by Gasteiger charge is -2.37. The largest absolute Gasteiger partial charge is 0.394 e. The minimum Gasteiger partial charge on any atom is -0.394 e. The topological polar surface area (TPSA) is 90.4 Å². The predicted molar refractivity (Wildman–Crippen MR) is 143 cm³/mol. The van der Waals surface area contributed by atoms with Gasteiger partial charge in [0, 0.05) is 29.5 Å². The monoisotopic (exact) mass is 533 g/mol. The number of hydrogen-bond donors (Lipinski definition) is 1. The molecular formula is C29H28ClN3O5. The van der Waals surface area contributed by atoms with Crippen LogP contribution in [-0.2, 0) is 19.1 Å². The van der Waals surface area contributed by atoms with Crippen LogP contribution < -0.4 is 9.80 Å². The highest BCUT2D eigenvalue weighted by atomic mass is 35.5. The number of carbonyl (C=O) groups excluding carboxylic acids is 3. The molecular weight excluding hydrogens is 506 g/mol. The van der Waals surface area contributed by atoms with Gasteiger partial charge in [-0.3, -0.25) is 14.4 Å². The molecule has 6 atom stereocenters. The van der Waals surface area contributed by atoms with Crippen molar-refractivity contribution in [2.24, 2.45) is 11.8 Å². The molecule has 0 bridgehead atoms. The summed E-state index contributed by atoms with van der Waals surface area (Å²) in [6, 6.07) is 14.5. The van der Waals surface area contributed by atoms with E-state index in [1.54, 1.807) is 47.1 Å². The molecule has 1 unspecified atom stereocenters. The molecule has 196 valence electrons. The number of amides is 3. The molecule has 1 N–H and O–H groups in total. The molecule has 9 heteroatoms. The maximum atomic E-state index is 14.3. The number of anilines is 2. The Morgan fingerprint density at radius 3 is 2.32 bits per heavy atom. The van der Waals surface area contributed by atoms with Gasteiger partial charge in [-0.05, 0) is 43.3 Å². The van der Waals surface area contributed by atoms with Crippen LogP contribution in [0.3, 0.4) is 0 Å².